The first kappa shape index (κ1) is 12.8. The maximum atomic E-state index is 13.2. The molecule has 1 unspecified atom stereocenters. The molecule has 0 aliphatic carbocycles. The van der Waals surface area contributed by atoms with Gasteiger partial charge in [-0.2, -0.15) is 0 Å². The van der Waals surface area contributed by atoms with Crippen LogP contribution in [0.1, 0.15) is 6.92 Å². The Bertz CT molecular complexity index is 334. The molecule has 1 N–H and O–H groups in total. The first-order chi connectivity index (χ1) is 7.54. The topological polar surface area (TPSA) is 21.3 Å². The molecule has 0 aromatic heterocycles. The number of rotatable bonds is 5. The van der Waals surface area contributed by atoms with E-state index in [1.165, 1.54) is 0 Å². The third-order valence-electron chi connectivity index (χ3n) is 2.09. The van der Waals surface area contributed by atoms with Gasteiger partial charge in [0.2, 0.25) is 0 Å². The van der Waals surface area contributed by atoms with Gasteiger partial charge in [-0.3, -0.25) is 0 Å². The lowest BCUT2D eigenvalue weighted by molar-refractivity contribution is 0.164. The Labute approximate surface area is 92.4 Å². The summed E-state index contributed by atoms with van der Waals surface area (Å²) in [5, 5.41) is 2.60. The van der Waals surface area contributed by atoms with Gasteiger partial charge in [0.05, 0.1) is 6.61 Å². The highest BCUT2D eigenvalue weighted by molar-refractivity contribution is 5.46. The van der Waals surface area contributed by atoms with Crippen molar-refractivity contribution >= 4 is 5.69 Å². The zero-order valence-corrected chi connectivity index (χ0v) is 9.19. The fourth-order valence-electron chi connectivity index (χ4n) is 1.33. The number of methoxy groups -OCH3 is 1. The third-order valence-corrected chi connectivity index (χ3v) is 2.09. The average molecular weight is 233 g/mol. The fourth-order valence-corrected chi connectivity index (χ4v) is 1.33. The van der Waals surface area contributed by atoms with E-state index in [1.54, 1.807) is 7.11 Å². The number of ether oxygens (including phenoxy) is 1. The van der Waals surface area contributed by atoms with Gasteiger partial charge in [0.15, 0.2) is 11.6 Å². The molecule has 2 nitrogen and oxygen atoms in total. The van der Waals surface area contributed by atoms with E-state index in [9.17, 15) is 13.2 Å². The third kappa shape index (κ3) is 3.41. The molecule has 0 amide bonds. The normalized spacial score (nSPS) is 12.6. The highest BCUT2D eigenvalue weighted by Gasteiger charge is 2.12. The summed E-state index contributed by atoms with van der Waals surface area (Å²) in [6.07, 6.45) is 0. The van der Waals surface area contributed by atoms with Crippen molar-refractivity contribution < 1.29 is 17.9 Å². The minimum atomic E-state index is -0.929. The molecule has 0 bridgehead atoms. The minimum Gasteiger partial charge on any atom is -0.384 e. The van der Waals surface area contributed by atoms with Gasteiger partial charge in [0.25, 0.3) is 0 Å². The van der Waals surface area contributed by atoms with Crippen LogP contribution in [0.25, 0.3) is 0 Å². The number of anilines is 1. The van der Waals surface area contributed by atoms with Crippen LogP contribution in [0.2, 0.25) is 0 Å². The van der Waals surface area contributed by atoms with Gasteiger partial charge in [-0.05, 0) is 5.92 Å². The number of hydrogen-bond donors (Lipinski definition) is 1. The molecule has 0 heterocycles. The van der Waals surface area contributed by atoms with E-state index in [0.717, 1.165) is 0 Å². The van der Waals surface area contributed by atoms with Crippen molar-refractivity contribution in [2.24, 2.45) is 5.92 Å². The quantitative estimate of drug-likeness (QED) is 0.844. The zero-order chi connectivity index (χ0) is 12.1. The van der Waals surface area contributed by atoms with Crippen molar-refractivity contribution in [3.05, 3.63) is 29.6 Å². The van der Waals surface area contributed by atoms with E-state index >= 15 is 0 Å². The molecule has 0 spiro atoms. The van der Waals surface area contributed by atoms with Crippen LogP contribution in [-0.4, -0.2) is 20.3 Å². The van der Waals surface area contributed by atoms with Crippen LogP contribution in [0.15, 0.2) is 12.1 Å². The Morgan fingerprint density at radius 1 is 1.25 bits per heavy atom. The van der Waals surface area contributed by atoms with Crippen LogP contribution in [0, 0.1) is 23.4 Å². The molecular formula is C11H14F3NO. The van der Waals surface area contributed by atoms with Crippen molar-refractivity contribution in [1.82, 2.24) is 0 Å². The van der Waals surface area contributed by atoms with E-state index in [1.807, 2.05) is 6.92 Å². The molecule has 90 valence electrons. The van der Waals surface area contributed by atoms with E-state index in [4.69, 9.17) is 4.74 Å². The summed E-state index contributed by atoms with van der Waals surface area (Å²) in [6.45, 7) is 2.71. The van der Waals surface area contributed by atoms with Crippen molar-refractivity contribution in [3.8, 4) is 0 Å². The second-order valence-electron chi connectivity index (χ2n) is 3.69. The van der Waals surface area contributed by atoms with Crippen LogP contribution < -0.4 is 5.32 Å². The van der Waals surface area contributed by atoms with Gasteiger partial charge in [-0.1, -0.05) is 6.92 Å². The largest absolute Gasteiger partial charge is 0.384 e. The highest BCUT2D eigenvalue weighted by Crippen LogP contribution is 2.20. The summed E-state index contributed by atoms with van der Waals surface area (Å²) in [5.74, 6) is -2.68. The molecular weight excluding hydrogens is 219 g/mol. The molecule has 1 aromatic carbocycles. The van der Waals surface area contributed by atoms with Crippen LogP contribution in [0.3, 0.4) is 0 Å². The maximum absolute atomic E-state index is 13.2. The summed E-state index contributed by atoms with van der Waals surface area (Å²) in [6, 6.07) is 1.29. The molecule has 0 radical (unpaired) electrons. The van der Waals surface area contributed by atoms with Crippen LogP contribution in [0.5, 0.6) is 0 Å². The van der Waals surface area contributed by atoms with Crippen molar-refractivity contribution in [1.29, 1.82) is 0 Å². The van der Waals surface area contributed by atoms with Gasteiger partial charge in [0, 0.05) is 25.8 Å². The van der Waals surface area contributed by atoms with Crippen molar-refractivity contribution in [2.75, 3.05) is 25.6 Å². The fraction of sp³-hybridized carbons (Fsp3) is 0.455. The highest BCUT2D eigenvalue weighted by atomic mass is 19.1. The molecule has 1 aromatic rings. The predicted octanol–water partition coefficient (Wildman–Crippen LogP) is 2.80. The molecule has 0 aliphatic rings. The summed E-state index contributed by atoms with van der Waals surface area (Å²) < 4.78 is 43.8. The smallest absolute Gasteiger partial charge is 0.152 e. The molecule has 1 rings (SSSR count). The SMILES string of the molecule is COCC(C)CNc1c(F)cc(F)cc1F. The van der Waals surface area contributed by atoms with Crippen LogP contribution >= 0.6 is 0 Å². The predicted molar refractivity (Wildman–Crippen MR) is 55.8 cm³/mol. The molecule has 0 saturated heterocycles. The molecule has 0 fully saturated rings. The minimum absolute atomic E-state index is 0.105. The monoisotopic (exact) mass is 233 g/mol. The van der Waals surface area contributed by atoms with Crippen LogP contribution in [0.4, 0.5) is 18.9 Å². The zero-order valence-electron chi connectivity index (χ0n) is 9.19. The number of halogens is 3. The van der Waals surface area contributed by atoms with Gasteiger partial charge >= 0.3 is 0 Å². The lowest BCUT2D eigenvalue weighted by atomic mass is 10.2. The average Bonchev–Trinajstić information content (AvgIpc) is 2.16. The molecule has 5 heteroatoms. The number of hydrogen-bond acceptors (Lipinski definition) is 2. The van der Waals surface area contributed by atoms with Gasteiger partial charge < -0.3 is 10.1 Å². The molecule has 1 atom stereocenters. The lowest BCUT2D eigenvalue weighted by Gasteiger charge is -2.13. The van der Waals surface area contributed by atoms with Crippen molar-refractivity contribution in [3.63, 3.8) is 0 Å². The Kier molecular flexibility index (Phi) is 4.61. The van der Waals surface area contributed by atoms with Gasteiger partial charge in [-0.25, -0.2) is 13.2 Å². The van der Waals surface area contributed by atoms with E-state index in [0.29, 0.717) is 25.3 Å². The van der Waals surface area contributed by atoms with E-state index < -0.39 is 17.5 Å². The Balaban J connectivity index is 2.67. The Morgan fingerprint density at radius 2 is 1.81 bits per heavy atom. The standard InChI is InChI=1S/C11H14F3NO/c1-7(6-16-2)5-15-11-9(13)3-8(12)4-10(11)14/h3-4,7,15H,5-6H2,1-2H3. The van der Waals surface area contributed by atoms with Crippen LogP contribution in [-0.2, 0) is 4.74 Å². The number of benzene rings is 1. The molecule has 0 saturated carbocycles. The maximum Gasteiger partial charge on any atom is 0.152 e. The van der Waals surface area contributed by atoms with Crippen molar-refractivity contribution in [2.45, 2.75) is 6.92 Å². The Hall–Kier alpha value is -1.23. The summed E-state index contributed by atoms with van der Waals surface area (Å²) in [4.78, 5) is 0. The Morgan fingerprint density at radius 3 is 2.31 bits per heavy atom. The van der Waals surface area contributed by atoms with E-state index in [-0.39, 0.29) is 11.6 Å². The lowest BCUT2D eigenvalue weighted by Crippen LogP contribution is -2.17. The molecule has 0 aliphatic heterocycles. The number of nitrogens with one attached hydrogen (secondary N) is 1. The second-order valence-corrected chi connectivity index (χ2v) is 3.69. The second kappa shape index (κ2) is 5.75. The summed E-state index contributed by atoms with van der Waals surface area (Å²) in [5.41, 5.74) is -0.302. The van der Waals surface area contributed by atoms with Gasteiger partial charge in [-0.15, -0.1) is 0 Å². The van der Waals surface area contributed by atoms with Gasteiger partial charge in [0.1, 0.15) is 11.5 Å². The molecule has 16 heavy (non-hydrogen) atoms. The van der Waals surface area contributed by atoms with E-state index in [2.05, 4.69) is 5.32 Å². The first-order valence-electron chi connectivity index (χ1n) is 4.92. The first-order valence-corrected chi connectivity index (χ1v) is 4.92. The summed E-state index contributed by atoms with van der Waals surface area (Å²) in [7, 11) is 1.55. The summed E-state index contributed by atoms with van der Waals surface area (Å²) >= 11 is 0.